The minimum absolute atomic E-state index is 0.182. The monoisotopic (exact) mass is 314 g/mol. The maximum atomic E-state index is 11.7. The van der Waals surface area contributed by atoms with Crippen molar-refractivity contribution in [1.29, 1.82) is 0 Å². The Hall–Kier alpha value is -2.82. The zero-order valence-corrected chi connectivity index (χ0v) is 12.9. The van der Waals surface area contributed by atoms with Crippen molar-refractivity contribution in [2.24, 2.45) is 0 Å². The molecule has 2 aromatic carbocycles. The standard InChI is InChI=1S/C18H18O5/c1-11-9-14(23-2)7-8-15(11)16(18(21)22)10-12-3-5-13(6-4-12)17(19)20/h3-9,16H,10H2,1-2H3,(H,19,20)(H,21,22). The lowest BCUT2D eigenvalue weighted by Gasteiger charge is -2.16. The molecular formula is C18H18O5. The Balaban J connectivity index is 2.29. The van der Waals surface area contributed by atoms with Crippen molar-refractivity contribution >= 4 is 11.9 Å². The molecule has 5 heteroatoms. The summed E-state index contributed by atoms with van der Waals surface area (Å²) < 4.78 is 5.14. The summed E-state index contributed by atoms with van der Waals surface area (Å²) in [7, 11) is 1.56. The summed E-state index contributed by atoms with van der Waals surface area (Å²) in [6, 6.07) is 11.6. The number of methoxy groups -OCH3 is 1. The van der Waals surface area contributed by atoms with Gasteiger partial charge in [0.2, 0.25) is 0 Å². The molecule has 23 heavy (non-hydrogen) atoms. The molecule has 0 amide bonds. The van der Waals surface area contributed by atoms with Crippen LogP contribution in [0.15, 0.2) is 42.5 Å². The molecule has 0 saturated heterocycles. The second-order valence-electron chi connectivity index (χ2n) is 5.32. The van der Waals surface area contributed by atoms with Crippen LogP contribution in [0.25, 0.3) is 0 Å². The van der Waals surface area contributed by atoms with Gasteiger partial charge in [0.1, 0.15) is 5.75 Å². The molecule has 0 heterocycles. The van der Waals surface area contributed by atoms with E-state index < -0.39 is 17.9 Å². The summed E-state index contributed by atoms with van der Waals surface area (Å²) in [4.78, 5) is 22.5. The van der Waals surface area contributed by atoms with Gasteiger partial charge in [-0.25, -0.2) is 4.79 Å². The lowest BCUT2D eigenvalue weighted by atomic mass is 9.89. The number of rotatable bonds is 6. The number of carboxylic acid groups (broad SMARTS) is 2. The first-order valence-corrected chi connectivity index (χ1v) is 7.12. The Bertz CT molecular complexity index is 719. The van der Waals surface area contributed by atoms with Gasteiger partial charge in [-0.1, -0.05) is 18.2 Å². The van der Waals surface area contributed by atoms with Gasteiger partial charge in [0.25, 0.3) is 0 Å². The summed E-state index contributed by atoms with van der Waals surface area (Å²) in [5.41, 5.74) is 2.53. The maximum absolute atomic E-state index is 11.7. The molecule has 0 saturated carbocycles. The van der Waals surface area contributed by atoms with Crippen LogP contribution in [0, 0.1) is 6.92 Å². The summed E-state index contributed by atoms with van der Waals surface area (Å²) >= 11 is 0. The van der Waals surface area contributed by atoms with Crippen LogP contribution < -0.4 is 4.74 Å². The molecule has 0 aliphatic rings. The molecule has 0 aliphatic heterocycles. The van der Waals surface area contributed by atoms with Crippen LogP contribution >= 0.6 is 0 Å². The van der Waals surface area contributed by atoms with Crippen LogP contribution in [0.2, 0.25) is 0 Å². The predicted octanol–water partition coefficient (Wildman–Crippen LogP) is 3.11. The fourth-order valence-corrected chi connectivity index (χ4v) is 2.52. The fourth-order valence-electron chi connectivity index (χ4n) is 2.52. The summed E-state index contributed by atoms with van der Waals surface area (Å²) in [5, 5.41) is 18.5. The topological polar surface area (TPSA) is 83.8 Å². The van der Waals surface area contributed by atoms with Crippen molar-refractivity contribution in [2.45, 2.75) is 19.3 Å². The van der Waals surface area contributed by atoms with Crippen molar-refractivity contribution in [1.82, 2.24) is 0 Å². The van der Waals surface area contributed by atoms with Gasteiger partial charge in [0, 0.05) is 0 Å². The average Bonchev–Trinajstić information content (AvgIpc) is 2.53. The number of carboxylic acids is 2. The summed E-state index contributed by atoms with van der Waals surface area (Å²) in [5.74, 6) is -1.93. The van der Waals surface area contributed by atoms with Crippen molar-refractivity contribution in [3.05, 3.63) is 64.7 Å². The van der Waals surface area contributed by atoms with Gasteiger partial charge in [-0.15, -0.1) is 0 Å². The first-order valence-electron chi connectivity index (χ1n) is 7.12. The van der Waals surface area contributed by atoms with Crippen molar-refractivity contribution in [2.75, 3.05) is 7.11 Å². The average molecular weight is 314 g/mol. The van der Waals surface area contributed by atoms with Gasteiger partial charge in [-0.05, 0) is 54.3 Å². The van der Waals surface area contributed by atoms with E-state index >= 15 is 0 Å². The number of carbonyl (C=O) groups is 2. The third-order valence-electron chi connectivity index (χ3n) is 3.79. The smallest absolute Gasteiger partial charge is 0.335 e. The second kappa shape index (κ2) is 6.96. The Morgan fingerprint density at radius 1 is 1.09 bits per heavy atom. The van der Waals surface area contributed by atoms with Crippen LogP contribution in [0.4, 0.5) is 0 Å². The molecule has 2 rings (SSSR count). The van der Waals surface area contributed by atoms with E-state index in [4.69, 9.17) is 9.84 Å². The first kappa shape index (κ1) is 16.5. The Morgan fingerprint density at radius 3 is 2.22 bits per heavy atom. The molecule has 2 aromatic rings. The predicted molar refractivity (Wildman–Crippen MR) is 85.2 cm³/mol. The van der Waals surface area contributed by atoms with E-state index in [0.717, 1.165) is 16.7 Å². The van der Waals surface area contributed by atoms with Gasteiger partial charge >= 0.3 is 11.9 Å². The molecular weight excluding hydrogens is 296 g/mol. The van der Waals surface area contributed by atoms with Gasteiger partial charge < -0.3 is 14.9 Å². The molecule has 1 unspecified atom stereocenters. The van der Waals surface area contributed by atoms with Crippen molar-refractivity contribution in [3.63, 3.8) is 0 Å². The van der Waals surface area contributed by atoms with Gasteiger partial charge in [-0.2, -0.15) is 0 Å². The van der Waals surface area contributed by atoms with Gasteiger partial charge in [-0.3, -0.25) is 4.79 Å². The highest BCUT2D eigenvalue weighted by Crippen LogP contribution is 2.27. The SMILES string of the molecule is COc1ccc(C(Cc2ccc(C(=O)O)cc2)C(=O)O)c(C)c1. The first-order chi connectivity index (χ1) is 10.9. The minimum Gasteiger partial charge on any atom is -0.497 e. The van der Waals surface area contributed by atoms with E-state index in [9.17, 15) is 14.7 Å². The zero-order valence-electron chi connectivity index (χ0n) is 12.9. The number of aliphatic carboxylic acids is 1. The number of hydrogen-bond acceptors (Lipinski definition) is 3. The quantitative estimate of drug-likeness (QED) is 0.856. The molecule has 1 atom stereocenters. The Kier molecular flexibility index (Phi) is 5.01. The third kappa shape index (κ3) is 3.88. The van der Waals surface area contributed by atoms with Crippen molar-refractivity contribution in [3.8, 4) is 5.75 Å². The van der Waals surface area contributed by atoms with Crippen molar-refractivity contribution < 1.29 is 24.5 Å². The Morgan fingerprint density at radius 2 is 1.74 bits per heavy atom. The lowest BCUT2D eigenvalue weighted by Crippen LogP contribution is -2.15. The van der Waals surface area contributed by atoms with E-state index in [0.29, 0.717) is 12.2 Å². The maximum Gasteiger partial charge on any atom is 0.335 e. The molecule has 5 nitrogen and oxygen atoms in total. The molecule has 0 bridgehead atoms. The Labute approximate surface area is 134 Å². The number of aryl methyl sites for hydroxylation is 1. The van der Waals surface area contributed by atoms with Gasteiger partial charge in [0.05, 0.1) is 18.6 Å². The molecule has 2 N–H and O–H groups in total. The highest BCUT2D eigenvalue weighted by atomic mass is 16.5. The molecule has 120 valence electrons. The largest absolute Gasteiger partial charge is 0.497 e. The molecule has 0 fully saturated rings. The third-order valence-corrected chi connectivity index (χ3v) is 3.79. The van der Waals surface area contributed by atoms with Crippen LogP contribution in [-0.2, 0) is 11.2 Å². The molecule has 0 spiro atoms. The van der Waals surface area contributed by atoms with Crippen LogP contribution in [0.1, 0.15) is 33.0 Å². The second-order valence-corrected chi connectivity index (χ2v) is 5.32. The van der Waals surface area contributed by atoms with E-state index in [-0.39, 0.29) is 5.56 Å². The number of ether oxygens (including phenoxy) is 1. The molecule has 0 aliphatic carbocycles. The van der Waals surface area contributed by atoms with E-state index in [1.807, 2.05) is 6.92 Å². The zero-order chi connectivity index (χ0) is 17.0. The minimum atomic E-state index is -1.00. The van der Waals surface area contributed by atoms with Crippen LogP contribution in [0.5, 0.6) is 5.75 Å². The van der Waals surface area contributed by atoms with Crippen LogP contribution in [0.3, 0.4) is 0 Å². The number of benzene rings is 2. The highest BCUT2D eigenvalue weighted by Gasteiger charge is 2.22. The highest BCUT2D eigenvalue weighted by molar-refractivity contribution is 5.87. The molecule has 0 radical (unpaired) electrons. The fraction of sp³-hybridized carbons (Fsp3) is 0.222. The summed E-state index contributed by atoms with van der Waals surface area (Å²) in [6.45, 7) is 1.85. The van der Waals surface area contributed by atoms with Gasteiger partial charge in [0.15, 0.2) is 0 Å². The van der Waals surface area contributed by atoms with E-state index in [1.54, 1.807) is 37.4 Å². The summed E-state index contributed by atoms with van der Waals surface area (Å²) in [6.07, 6.45) is 0.294. The normalized spacial score (nSPS) is 11.7. The van der Waals surface area contributed by atoms with E-state index in [2.05, 4.69) is 0 Å². The van der Waals surface area contributed by atoms with E-state index in [1.165, 1.54) is 12.1 Å². The number of aromatic carboxylic acids is 1. The number of hydrogen-bond donors (Lipinski definition) is 2. The van der Waals surface area contributed by atoms with Crippen LogP contribution in [-0.4, -0.2) is 29.3 Å². The molecule has 0 aromatic heterocycles. The lowest BCUT2D eigenvalue weighted by molar-refractivity contribution is -0.138.